The summed E-state index contributed by atoms with van der Waals surface area (Å²) in [6.07, 6.45) is 0. The minimum Gasteiger partial charge on any atom is -0.497 e. The van der Waals surface area contributed by atoms with Crippen LogP contribution in [-0.2, 0) is 20.9 Å². The fraction of sp³-hybridized carbons (Fsp3) is 0.200. The second-order valence-electron chi connectivity index (χ2n) is 6.84. The Bertz CT molecular complexity index is 1030. The van der Waals surface area contributed by atoms with Crippen molar-refractivity contribution in [3.8, 4) is 23.0 Å². The minimum absolute atomic E-state index is 0.329. The molecule has 1 amide bonds. The average molecular weight is 451 g/mol. The third-order valence-electron chi connectivity index (χ3n) is 4.43. The Hall–Kier alpha value is -4.20. The molecule has 0 heterocycles. The smallest absolute Gasteiger partial charge is 0.344 e. The highest BCUT2D eigenvalue weighted by Gasteiger charge is 2.10. The van der Waals surface area contributed by atoms with Crippen molar-refractivity contribution in [3.63, 3.8) is 0 Å². The first kappa shape index (κ1) is 23.5. The van der Waals surface area contributed by atoms with E-state index in [9.17, 15) is 9.59 Å². The molecule has 0 fully saturated rings. The van der Waals surface area contributed by atoms with E-state index in [1.54, 1.807) is 42.5 Å². The monoisotopic (exact) mass is 451 g/mol. The largest absolute Gasteiger partial charge is 0.497 e. The number of rotatable bonds is 11. The number of amides is 1. The van der Waals surface area contributed by atoms with E-state index in [-0.39, 0.29) is 6.61 Å². The van der Waals surface area contributed by atoms with Crippen LogP contribution < -0.4 is 24.3 Å². The molecule has 33 heavy (non-hydrogen) atoms. The van der Waals surface area contributed by atoms with Crippen LogP contribution in [0.3, 0.4) is 0 Å². The van der Waals surface area contributed by atoms with Crippen molar-refractivity contribution in [2.24, 2.45) is 0 Å². The number of carbonyl (C=O) groups excluding carboxylic acids is 2. The third kappa shape index (κ3) is 7.77. The topological polar surface area (TPSA) is 92.3 Å². The summed E-state index contributed by atoms with van der Waals surface area (Å²) in [6, 6.07) is 21.6. The van der Waals surface area contributed by atoms with Gasteiger partial charge >= 0.3 is 5.97 Å². The highest BCUT2D eigenvalue weighted by Crippen LogP contribution is 2.25. The van der Waals surface area contributed by atoms with Crippen LogP contribution >= 0.6 is 0 Å². The summed E-state index contributed by atoms with van der Waals surface area (Å²) in [5.74, 6) is 1.03. The molecule has 0 aliphatic heterocycles. The molecule has 0 atom stereocenters. The molecular weight excluding hydrogens is 426 g/mol. The van der Waals surface area contributed by atoms with Crippen LogP contribution in [0.15, 0.2) is 72.8 Å². The third-order valence-corrected chi connectivity index (χ3v) is 4.43. The molecule has 0 saturated heterocycles. The first-order valence-electron chi connectivity index (χ1n) is 10.1. The fourth-order valence-electron chi connectivity index (χ4n) is 2.78. The highest BCUT2D eigenvalue weighted by atomic mass is 16.6. The van der Waals surface area contributed by atoms with Gasteiger partial charge in [-0.05, 0) is 29.8 Å². The summed E-state index contributed by atoms with van der Waals surface area (Å²) in [4.78, 5) is 24.0. The summed E-state index contributed by atoms with van der Waals surface area (Å²) in [5, 5.41) is 2.62. The van der Waals surface area contributed by atoms with Gasteiger partial charge in [0, 0.05) is 23.9 Å². The predicted octanol–water partition coefficient (Wildman–Crippen LogP) is 3.84. The Kier molecular flexibility index (Phi) is 8.53. The molecule has 172 valence electrons. The molecule has 0 aliphatic rings. The maximum absolute atomic E-state index is 12.1. The molecule has 0 saturated carbocycles. The Morgan fingerprint density at radius 1 is 0.727 bits per heavy atom. The van der Waals surface area contributed by atoms with E-state index >= 15 is 0 Å². The van der Waals surface area contributed by atoms with Gasteiger partial charge in [-0.15, -0.1) is 0 Å². The second kappa shape index (κ2) is 12.0. The van der Waals surface area contributed by atoms with Crippen LogP contribution in [0, 0.1) is 0 Å². The zero-order valence-electron chi connectivity index (χ0n) is 18.4. The van der Waals surface area contributed by atoms with Gasteiger partial charge in [-0.25, -0.2) is 4.79 Å². The van der Waals surface area contributed by atoms with Gasteiger partial charge in [0.15, 0.2) is 13.2 Å². The van der Waals surface area contributed by atoms with Crippen molar-refractivity contribution in [1.82, 2.24) is 0 Å². The standard InChI is InChI=1S/C25H25NO7/c1-29-22-12-19(13-23(14-22)30-2)26-24(27)16-33-25(28)17-32-21-10-8-20(9-11-21)31-15-18-6-4-3-5-7-18/h3-14H,15-17H2,1-2H3,(H,26,27). The molecule has 0 aliphatic carbocycles. The van der Waals surface area contributed by atoms with E-state index in [4.69, 9.17) is 23.7 Å². The summed E-state index contributed by atoms with van der Waals surface area (Å²) in [7, 11) is 3.01. The van der Waals surface area contributed by atoms with E-state index in [0.717, 1.165) is 5.56 Å². The van der Waals surface area contributed by atoms with Crippen molar-refractivity contribution < 1.29 is 33.3 Å². The number of methoxy groups -OCH3 is 2. The molecular formula is C25H25NO7. The number of carbonyl (C=O) groups is 2. The van der Waals surface area contributed by atoms with Crippen molar-refractivity contribution in [2.75, 3.05) is 32.8 Å². The molecule has 1 N–H and O–H groups in total. The second-order valence-corrected chi connectivity index (χ2v) is 6.84. The van der Waals surface area contributed by atoms with E-state index in [0.29, 0.717) is 35.3 Å². The summed E-state index contributed by atoms with van der Waals surface area (Å²) in [5.41, 5.74) is 1.52. The lowest BCUT2D eigenvalue weighted by Crippen LogP contribution is -2.23. The number of nitrogens with one attached hydrogen (secondary N) is 1. The Morgan fingerprint density at radius 3 is 1.94 bits per heavy atom. The number of benzene rings is 3. The summed E-state index contributed by atoms with van der Waals surface area (Å²) < 4.78 is 26.4. The van der Waals surface area contributed by atoms with Gasteiger partial charge in [-0.1, -0.05) is 30.3 Å². The van der Waals surface area contributed by atoms with E-state index in [1.807, 2.05) is 30.3 Å². The van der Waals surface area contributed by atoms with Gasteiger partial charge in [0.05, 0.1) is 14.2 Å². The SMILES string of the molecule is COc1cc(NC(=O)COC(=O)COc2ccc(OCc3ccccc3)cc2)cc(OC)c1. The number of hydrogen-bond acceptors (Lipinski definition) is 7. The Morgan fingerprint density at radius 2 is 1.33 bits per heavy atom. The molecule has 0 bridgehead atoms. The normalized spacial score (nSPS) is 10.1. The number of ether oxygens (including phenoxy) is 5. The maximum Gasteiger partial charge on any atom is 0.344 e. The van der Waals surface area contributed by atoms with E-state index < -0.39 is 18.5 Å². The van der Waals surface area contributed by atoms with Crippen LogP contribution in [-0.4, -0.2) is 39.3 Å². The lowest BCUT2D eigenvalue weighted by Gasteiger charge is -2.11. The van der Waals surface area contributed by atoms with Crippen molar-refractivity contribution in [3.05, 3.63) is 78.4 Å². The van der Waals surface area contributed by atoms with Crippen LogP contribution in [0.2, 0.25) is 0 Å². The summed E-state index contributed by atoms with van der Waals surface area (Å²) >= 11 is 0. The lowest BCUT2D eigenvalue weighted by molar-refractivity contribution is -0.149. The zero-order valence-corrected chi connectivity index (χ0v) is 18.4. The Labute approximate surface area is 192 Å². The van der Waals surface area contributed by atoms with Crippen LogP contribution in [0.4, 0.5) is 5.69 Å². The molecule has 0 aromatic heterocycles. The Balaban J connectivity index is 1.39. The first-order valence-corrected chi connectivity index (χ1v) is 10.1. The number of hydrogen-bond donors (Lipinski definition) is 1. The molecule has 0 spiro atoms. The fourth-order valence-corrected chi connectivity index (χ4v) is 2.78. The molecule has 8 nitrogen and oxygen atoms in total. The van der Waals surface area contributed by atoms with Crippen molar-refractivity contribution in [2.45, 2.75) is 6.61 Å². The first-order chi connectivity index (χ1) is 16.1. The van der Waals surface area contributed by atoms with Gasteiger partial charge < -0.3 is 29.0 Å². The van der Waals surface area contributed by atoms with Crippen molar-refractivity contribution >= 4 is 17.6 Å². The lowest BCUT2D eigenvalue weighted by atomic mass is 10.2. The van der Waals surface area contributed by atoms with Gasteiger partial charge in [-0.2, -0.15) is 0 Å². The van der Waals surface area contributed by atoms with Gasteiger partial charge in [0.25, 0.3) is 5.91 Å². The molecule has 3 aromatic carbocycles. The van der Waals surface area contributed by atoms with Gasteiger partial charge in [0.1, 0.15) is 29.6 Å². The van der Waals surface area contributed by atoms with E-state index in [2.05, 4.69) is 5.32 Å². The molecule has 3 rings (SSSR count). The molecule has 0 radical (unpaired) electrons. The van der Waals surface area contributed by atoms with Crippen molar-refractivity contribution in [1.29, 1.82) is 0 Å². The zero-order chi connectivity index (χ0) is 23.5. The molecule has 0 unspecified atom stereocenters. The van der Waals surface area contributed by atoms with Crippen LogP contribution in [0.1, 0.15) is 5.56 Å². The van der Waals surface area contributed by atoms with Gasteiger partial charge in [-0.3, -0.25) is 4.79 Å². The molecule has 8 heteroatoms. The maximum atomic E-state index is 12.1. The van der Waals surface area contributed by atoms with E-state index in [1.165, 1.54) is 14.2 Å². The van der Waals surface area contributed by atoms with Crippen LogP contribution in [0.25, 0.3) is 0 Å². The minimum atomic E-state index is -0.669. The highest BCUT2D eigenvalue weighted by molar-refractivity contribution is 5.93. The summed E-state index contributed by atoms with van der Waals surface area (Å²) in [6.45, 7) is -0.323. The predicted molar refractivity (Wildman–Crippen MR) is 122 cm³/mol. The molecule has 3 aromatic rings. The van der Waals surface area contributed by atoms with Gasteiger partial charge in [0.2, 0.25) is 0 Å². The number of anilines is 1. The quantitative estimate of drug-likeness (QED) is 0.443. The van der Waals surface area contributed by atoms with Crippen LogP contribution in [0.5, 0.6) is 23.0 Å². The number of esters is 1. The average Bonchev–Trinajstić information content (AvgIpc) is 2.86.